The van der Waals surface area contributed by atoms with Gasteiger partial charge in [0, 0.05) is 17.5 Å². The van der Waals surface area contributed by atoms with Gasteiger partial charge in [0.2, 0.25) is 0 Å². The number of allylic oxidation sites excluding steroid dienone is 1. The molecule has 1 aromatic heterocycles. The second-order valence-corrected chi connectivity index (χ2v) is 3.65. The van der Waals surface area contributed by atoms with Gasteiger partial charge in [-0.2, -0.15) is 5.10 Å². The Morgan fingerprint density at radius 1 is 1.59 bits per heavy atom. The minimum absolute atomic E-state index is 0.120. The lowest BCUT2D eigenvalue weighted by molar-refractivity contribution is 0.0958. The Labute approximate surface area is 98.7 Å². The van der Waals surface area contributed by atoms with Gasteiger partial charge in [0.1, 0.15) is 0 Å². The number of fused-ring (bicyclic) bond motifs is 1. The smallest absolute Gasteiger partial charge is 0.251 e. The largest absolute Gasteiger partial charge is 0.382 e. The second-order valence-electron chi connectivity index (χ2n) is 3.65. The van der Waals surface area contributed by atoms with Crippen LogP contribution in [0.2, 0.25) is 0 Å². The van der Waals surface area contributed by atoms with E-state index in [9.17, 15) is 4.79 Å². The molecule has 0 atom stereocenters. The summed E-state index contributed by atoms with van der Waals surface area (Å²) >= 11 is 0. The molecule has 0 spiro atoms. The Morgan fingerprint density at radius 2 is 2.41 bits per heavy atom. The van der Waals surface area contributed by atoms with Gasteiger partial charge in [0.25, 0.3) is 5.91 Å². The first-order valence-electron chi connectivity index (χ1n) is 5.35. The number of amides is 1. The van der Waals surface area contributed by atoms with Crippen molar-refractivity contribution in [2.75, 3.05) is 12.3 Å². The van der Waals surface area contributed by atoms with Crippen LogP contribution < -0.4 is 11.1 Å². The molecule has 5 heteroatoms. The molecule has 0 bridgehead atoms. The van der Waals surface area contributed by atoms with Crippen molar-refractivity contribution in [2.45, 2.75) is 6.92 Å². The molecule has 4 N–H and O–H groups in total. The number of benzene rings is 1. The van der Waals surface area contributed by atoms with Gasteiger partial charge in [0.05, 0.1) is 5.52 Å². The van der Waals surface area contributed by atoms with Crippen molar-refractivity contribution < 1.29 is 4.79 Å². The highest BCUT2D eigenvalue weighted by Crippen LogP contribution is 2.18. The number of carbonyl (C=O) groups excluding carboxylic acids is 1. The maximum atomic E-state index is 11.8. The number of nitrogens with two attached hydrogens (primary N) is 1. The number of anilines is 1. The topological polar surface area (TPSA) is 83.8 Å². The van der Waals surface area contributed by atoms with Gasteiger partial charge in [-0.3, -0.25) is 9.89 Å². The Kier molecular flexibility index (Phi) is 3.09. The monoisotopic (exact) mass is 230 g/mol. The molecule has 0 aliphatic rings. The number of nitrogens with one attached hydrogen (secondary N) is 2. The van der Waals surface area contributed by atoms with E-state index in [1.807, 2.05) is 19.1 Å². The second kappa shape index (κ2) is 4.69. The van der Waals surface area contributed by atoms with E-state index >= 15 is 0 Å². The molecule has 2 rings (SSSR count). The molecular formula is C12H14N4O. The fourth-order valence-corrected chi connectivity index (χ4v) is 1.55. The quantitative estimate of drug-likeness (QED) is 0.698. The van der Waals surface area contributed by atoms with Crippen molar-refractivity contribution in [3.8, 4) is 0 Å². The van der Waals surface area contributed by atoms with Crippen LogP contribution in [0, 0.1) is 0 Å². The van der Waals surface area contributed by atoms with Crippen molar-refractivity contribution in [2.24, 2.45) is 0 Å². The molecule has 5 nitrogen and oxygen atoms in total. The van der Waals surface area contributed by atoms with Gasteiger partial charge >= 0.3 is 0 Å². The van der Waals surface area contributed by atoms with Gasteiger partial charge in [-0.25, -0.2) is 0 Å². The fraction of sp³-hybridized carbons (Fsp3) is 0.167. The lowest BCUT2D eigenvalue weighted by Crippen LogP contribution is -2.23. The number of aromatic nitrogens is 2. The summed E-state index contributed by atoms with van der Waals surface area (Å²) in [6, 6.07) is 5.27. The van der Waals surface area contributed by atoms with Crippen LogP contribution in [0.5, 0.6) is 0 Å². The first-order chi connectivity index (χ1) is 8.22. The third kappa shape index (κ3) is 2.28. The van der Waals surface area contributed by atoms with Crippen LogP contribution in [0.1, 0.15) is 17.3 Å². The van der Waals surface area contributed by atoms with E-state index in [0.29, 0.717) is 17.9 Å². The van der Waals surface area contributed by atoms with E-state index in [2.05, 4.69) is 15.5 Å². The van der Waals surface area contributed by atoms with Crippen LogP contribution in [-0.2, 0) is 0 Å². The van der Waals surface area contributed by atoms with E-state index in [1.165, 1.54) is 0 Å². The Morgan fingerprint density at radius 3 is 3.18 bits per heavy atom. The summed E-state index contributed by atoms with van der Waals surface area (Å²) in [5.41, 5.74) is 7.09. The predicted molar refractivity (Wildman–Crippen MR) is 67.7 cm³/mol. The minimum Gasteiger partial charge on any atom is -0.382 e. The average Bonchev–Trinajstić information content (AvgIpc) is 2.71. The lowest BCUT2D eigenvalue weighted by Gasteiger charge is -2.02. The van der Waals surface area contributed by atoms with E-state index < -0.39 is 0 Å². The highest BCUT2D eigenvalue weighted by Gasteiger charge is 2.08. The number of hydrogen-bond donors (Lipinski definition) is 3. The normalized spacial score (nSPS) is 11.1. The molecule has 0 unspecified atom stereocenters. The van der Waals surface area contributed by atoms with Crippen molar-refractivity contribution in [1.82, 2.24) is 15.5 Å². The van der Waals surface area contributed by atoms with E-state index in [-0.39, 0.29) is 5.91 Å². The van der Waals surface area contributed by atoms with E-state index in [4.69, 9.17) is 5.73 Å². The van der Waals surface area contributed by atoms with Gasteiger partial charge < -0.3 is 11.1 Å². The van der Waals surface area contributed by atoms with Crippen molar-refractivity contribution in [1.29, 1.82) is 0 Å². The highest BCUT2D eigenvalue weighted by atomic mass is 16.1. The third-order valence-corrected chi connectivity index (χ3v) is 2.47. The molecule has 0 saturated carbocycles. The number of nitrogen functional groups attached to an aromatic ring is 1. The van der Waals surface area contributed by atoms with Crippen LogP contribution >= 0.6 is 0 Å². The number of aromatic amines is 1. The highest BCUT2D eigenvalue weighted by molar-refractivity contribution is 6.00. The Bertz CT molecular complexity index is 571. The van der Waals surface area contributed by atoms with Crippen molar-refractivity contribution >= 4 is 22.6 Å². The van der Waals surface area contributed by atoms with E-state index in [0.717, 1.165) is 10.9 Å². The molecule has 0 saturated heterocycles. The molecule has 2 aromatic rings. The van der Waals surface area contributed by atoms with Gasteiger partial charge in [-0.15, -0.1) is 0 Å². The van der Waals surface area contributed by atoms with Crippen LogP contribution in [0.25, 0.3) is 10.9 Å². The number of rotatable bonds is 3. The van der Waals surface area contributed by atoms with Gasteiger partial charge in [-0.05, 0) is 25.1 Å². The molecule has 1 aromatic carbocycles. The molecule has 0 fully saturated rings. The van der Waals surface area contributed by atoms with Crippen LogP contribution in [0.4, 0.5) is 5.82 Å². The average molecular weight is 230 g/mol. The maximum absolute atomic E-state index is 11.8. The molecule has 88 valence electrons. The summed E-state index contributed by atoms with van der Waals surface area (Å²) in [5, 5.41) is 10.2. The summed E-state index contributed by atoms with van der Waals surface area (Å²) in [5.74, 6) is 0.286. The third-order valence-electron chi connectivity index (χ3n) is 2.47. The zero-order chi connectivity index (χ0) is 12.3. The Balaban J connectivity index is 2.23. The molecule has 0 aliphatic heterocycles. The number of H-pyrrole nitrogens is 1. The summed E-state index contributed by atoms with van der Waals surface area (Å²) in [4.78, 5) is 11.8. The molecule has 17 heavy (non-hydrogen) atoms. The van der Waals surface area contributed by atoms with Crippen LogP contribution in [0.15, 0.2) is 30.4 Å². The minimum atomic E-state index is -0.120. The maximum Gasteiger partial charge on any atom is 0.251 e. The summed E-state index contributed by atoms with van der Waals surface area (Å²) < 4.78 is 0. The lowest BCUT2D eigenvalue weighted by atomic mass is 10.1. The zero-order valence-corrected chi connectivity index (χ0v) is 9.53. The van der Waals surface area contributed by atoms with Crippen molar-refractivity contribution in [3.63, 3.8) is 0 Å². The zero-order valence-electron chi connectivity index (χ0n) is 9.53. The molecule has 1 amide bonds. The predicted octanol–water partition coefficient (Wildman–Crippen LogP) is 1.45. The summed E-state index contributed by atoms with van der Waals surface area (Å²) in [6.45, 7) is 2.43. The van der Waals surface area contributed by atoms with E-state index in [1.54, 1.807) is 18.2 Å². The van der Waals surface area contributed by atoms with Crippen molar-refractivity contribution in [3.05, 3.63) is 35.9 Å². The first kappa shape index (κ1) is 11.2. The SMILES string of the molecule is C/C=C/CNC(=O)c1ccc2[nH]nc(N)c2c1. The fourth-order valence-electron chi connectivity index (χ4n) is 1.55. The van der Waals surface area contributed by atoms with Crippen LogP contribution in [0.3, 0.4) is 0 Å². The molecular weight excluding hydrogens is 216 g/mol. The summed E-state index contributed by atoms with van der Waals surface area (Å²) in [7, 11) is 0. The van der Waals surface area contributed by atoms with Crippen LogP contribution in [-0.4, -0.2) is 22.6 Å². The molecule has 0 radical (unpaired) electrons. The van der Waals surface area contributed by atoms with Gasteiger partial charge in [0.15, 0.2) is 5.82 Å². The van der Waals surface area contributed by atoms with Gasteiger partial charge in [-0.1, -0.05) is 12.2 Å². The number of hydrogen-bond acceptors (Lipinski definition) is 3. The molecule has 1 heterocycles. The number of nitrogens with zero attached hydrogens (tertiary/aromatic N) is 1. The summed E-state index contributed by atoms with van der Waals surface area (Å²) in [6.07, 6.45) is 3.76. The Hall–Kier alpha value is -2.30. The molecule has 0 aliphatic carbocycles. The number of carbonyl (C=O) groups is 1. The standard InChI is InChI=1S/C12H14N4O/c1-2-3-6-14-12(17)8-4-5-10-9(7-8)11(13)16-15-10/h2-5,7H,6H2,1H3,(H,14,17)(H3,13,15,16)/b3-2+. The first-order valence-corrected chi connectivity index (χ1v) is 5.35.